The zero-order chi connectivity index (χ0) is 18.3. The van der Waals surface area contributed by atoms with Gasteiger partial charge in [-0.3, -0.25) is 14.4 Å². The van der Waals surface area contributed by atoms with Crippen LogP contribution in [0.2, 0.25) is 0 Å². The summed E-state index contributed by atoms with van der Waals surface area (Å²) in [6, 6.07) is 7.97. The molecule has 2 fully saturated rings. The molecule has 2 aromatic rings. The van der Waals surface area contributed by atoms with Crippen molar-refractivity contribution in [3.05, 3.63) is 30.0 Å². The highest BCUT2D eigenvalue weighted by molar-refractivity contribution is 7.91. The lowest BCUT2D eigenvalue weighted by molar-refractivity contribution is 0.0894. The highest BCUT2D eigenvalue weighted by Gasteiger charge is 2.34. The lowest BCUT2D eigenvalue weighted by atomic mass is 10.0. The number of aromatic nitrogens is 2. The maximum Gasteiger partial charge on any atom is 0.272 e. The Bertz CT molecular complexity index is 929. The molecule has 0 bridgehead atoms. The summed E-state index contributed by atoms with van der Waals surface area (Å²) in [6.07, 6.45) is 2.42. The van der Waals surface area contributed by atoms with Gasteiger partial charge in [-0.1, -0.05) is 18.2 Å². The predicted molar refractivity (Wildman–Crippen MR) is 99.8 cm³/mol. The molecule has 1 aromatic heterocycles. The second-order valence-corrected chi connectivity index (χ2v) is 9.56. The average Bonchev–Trinajstić information content (AvgIpc) is 3.16. The number of nitrogens with zero attached hydrogens (tertiary/aromatic N) is 3. The van der Waals surface area contributed by atoms with Crippen molar-refractivity contribution in [2.75, 3.05) is 24.6 Å². The van der Waals surface area contributed by atoms with Crippen molar-refractivity contribution in [1.82, 2.24) is 20.0 Å². The minimum Gasteiger partial charge on any atom is -0.348 e. The smallest absolute Gasteiger partial charge is 0.272 e. The SMILES string of the molecule is Cn1nc(C(=O)NC2CCN([C@H]3CCS(=O)(=O)C3)CC2)c2ccccc21. The third-order valence-electron chi connectivity index (χ3n) is 5.56. The molecule has 0 aliphatic carbocycles. The van der Waals surface area contributed by atoms with E-state index in [2.05, 4.69) is 15.3 Å². The van der Waals surface area contributed by atoms with Crippen LogP contribution < -0.4 is 5.32 Å². The lowest BCUT2D eigenvalue weighted by Gasteiger charge is -2.35. The zero-order valence-electron chi connectivity index (χ0n) is 14.9. The summed E-state index contributed by atoms with van der Waals surface area (Å²) in [4.78, 5) is 15.0. The number of sulfone groups is 1. The van der Waals surface area contributed by atoms with Crippen molar-refractivity contribution in [1.29, 1.82) is 0 Å². The van der Waals surface area contributed by atoms with Gasteiger partial charge >= 0.3 is 0 Å². The number of amides is 1. The number of nitrogens with one attached hydrogen (secondary N) is 1. The number of piperidine rings is 1. The van der Waals surface area contributed by atoms with Crippen LogP contribution in [0, 0.1) is 0 Å². The van der Waals surface area contributed by atoms with Crippen LogP contribution in [0.25, 0.3) is 10.9 Å². The highest BCUT2D eigenvalue weighted by Crippen LogP contribution is 2.22. The van der Waals surface area contributed by atoms with Gasteiger partial charge in [-0.25, -0.2) is 8.42 Å². The third-order valence-corrected chi connectivity index (χ3v) is 7.31. The lowest BCUT2D eigenvalue weighted by Crippen LogP contribution is -2.48. The summed E-state index contributed by atoms with van der Waals surface area (Å²) in [5, 5.41) is 8.35. The molecule has 1 amide bonds. The maximum absolute atomic E-state index is 12.7. The highest BCUT2D eigenvalue weighted by atomic mass is 32.2. The molecule has 2 aliphatic rings. The summed E-state index contributed by atoms with van der Waals surface area (Å²) < 4.78 is 25.1. The Hall–Kier alpha value is -1.93. The summed E-state index contributed by atoms with van der Waals surface area (Å²) in [6.45, 7) is 1.65. The predicted octanol–water partition coefficient (Wildman–Crippen LogP) is 0.955. The number of hydrogen-bond acceptors (Lipinski definition) is 5. The molecule has 3 heterocycles. The van der Waals surface area contributed by atoms with E-state index in [-0.39, 0.29) is 23.7 Å². The molecule has 1 N–H and O–H groups in total. The molecule has 0 spiro atoms. The van der Waals surface area contributed by atoms with Gasteiger partial charge in [0.25, 0.3) is 5.91 Å². The zero-order valence-corrected chi connectivity index (χ0v) is 15.7. The summed E-state index contributed by atoms with van der Waals surface area (Å²) in [5.41, 5.74) is 1.40. The number of likely N-dealkylation sites (tertiary alicyclic amines) is 1. The molecule has 26 heavy (non-hydrogen) atoms. The van der Waals surface area contributed by atoms with Crippen LogP contribution in [-0.4, -0.2) is 65.7 Å². The molecule has 1 atom stereocenters. The van der Waals surface area contributed by atoms with Crippen molar-refractivity contribution in [2.24, 2.45) is 7.05 Å². The number of aryl methyl sites for hydroxylation is 1. The quantitative estimate of drug-likeness (QED) is 0.862. The van der Waals surface area contributed by atoms with Gasteiger partial charge in [-0.2, -0.15) is 5.10 Å². The van der Waals surface area contributed by atoms with E-state index in [0.29, 0.717) is 11.4 Å². The Balaban J connectivity index is 1.38. The molecule has 0 saturated carbocycles. The number of rotatable bonds is 3. The van der Waals surface area contributed by atoms with Crippen molar-refractivity contribution in [3.63, 3.8) is 0 Å². The fourth-order valence-electron chi connectivity index (χ4n) is 4.11. The van der Waals surface area contributed by atoms with Crippen LogP contribution in [0.15, 0.2) is 24.3 Å². The molecule has 4 rings (SSSR count). The standard InChI is InChI=1S/C18H24N4O3S/c1-21-16-5-3-2-4-15(16)17(20-21)18(23)19-13-6-9-22(10-7-13)14-8-11-26(24,25)12-14/h2-5,13-14H,6-12H2,1H3,(H,19,23)/t14-/m0/s1. The topological polar surface area (TPSA) is 84.3 Å². The molecule has 8 heteroatoms. The second kappa shape index (κ2) is 6.66. The normalized spacial score (nSPS) is 24.1. The van der Waals surface area contributed by atoms with Crippen LogP contribution in [0.5, 0.6) is 0 Å². The number of carbonyl (C=O) groups excluding carboxylic acids is 1. The Kier molecular flexibility index (Phi) is 4.48. The van der Waals surface area contributed by atoms with Crippen LogP contribution in [0.1, 0.15) is 29.8 Å². The molecule has 2 aliphatic heterocycles. The second-order valence-electron chi connectivity index (χ2n) is 7.33. The average molecular weight is 376 g/mol. The molecule has 7 nitrogen and oxygen atoms in total. The van der Waals surface area contributed by atoms with Crippen molar-refractivity contribution >= 4 is 26.6 Å². The molecular formula is C18H24N4O3S. The van der Waals surface area contributed by atoms with Crippen molar-refractivity contribution in [2.45, 2.75) is 31.3 Å². The van der Waals surface area contributed by atoms with Gasteiger partial charge < -0.3 is 5.32 Å². The van der Waals surface area contributed by atoms with E-state index < -0.39 is 9.84 Å². The van der Waals surface area contributed by atoms with E-state index >= 15 is 0 Å². The molecule has 0 radical (unpaired) electrons. The summed E-state index contributed by atoms with van der Waals surface area (Å²) in [7, 11) is -1.01. The minimum absolute atomic E-state index is 0.109. The van der Waals surface area contributed by atoms with E-state index in [1.54, 1.807) is 4.68 Å². The molecule has 0 unspecified atom stereocenters. The Morgan fingerprint density at radius 3 is 2.62 bits per heavy atom. The van der Waals surface area contributed by atoms with Crippen LogP contribution in [-0.2, 0) is 16.9 Å². The number of fused-ring (bicyclic) bond motifs is 1. The first-order valence-electron chi connectivity index (χ1n) is 9.10. The van der Waals surface area contributed by atoms with Gasteiger partial charge in [0.1, 0.15) is 0 Å². The van der Waals surface area contributed by atoms with Gasteiger partial charge in [0.2, 0.25) is 0 Å². The first-order chi connectivity index (χ1) is 12.4. The van der Waals surface area contributed by atoms with Crippen LogP contribution >= 0.6 is 0 Å². The number of hydrogen-bond donors (Lipinski definition) is 1. The monoisotopic (exact) mass is 376 g/mol. The van der Waals surface area contributed by atoms with E-state index in [9.17, 15) is 13.2 Å². The fourth-order valence-corrected chi connectivity index (χ4v) is 5.87. The van der Waals surface area contributed by atoms with Gasteiger partial charge in [0.05, 0.1) is 17.0 Å². The molecule has 1 aromatic carbocycles. The van der Waals surface area contributed by atoms with E-state index in [0.717, 1.165) is 43.3 Å². The Morgan fingerprint density at radius 2 is 1.92 bits per heavy atom. The summed E-state index contributed by atoms with van der Waals surface area (Å²) in [5.74, 6) is 0.453. The van der Waals surface area contributed by atoms with E-state index in [4.69, 9.17) is 0 Å². The Morgan fingerprint density at radius 1 is 1.19 bits per heavy atom. The van der Waals surface area contributed by atoms with Crippen molar-refractivity contribution < 1.29 is 13.2 Å². The van der Waals surface area contributed by atoms with E-state index in [1.165, 1.54) is 0 Å². The largest absolute Gasteiger partial charge is 0.348 e. The molecular weight excluding hydrogens is 352 g/mol. The number of carbonyl (C=O) groups is 1. The Labute approximate surface area is 153 Å². The number of para-hydroxylation sites is 1. The first-order valence-corrected chi connectivity index (χ1v) is 10.9. The molecule has 140 valence electrons. The van der Waals surface area contributed by atoms with Gasteiger partial charge in [-0.15, -0.1) is 0 Å². The van der Waals surface area contributed by atoms with Crippen LogP contribution in [0.4, 0.5) is 0 Å². The maximum atomic E-state index is 12.7. The van der Waals surface area contributed by atoms with Gasteiger partial charge in [0, 0.05) is 37.6 Å². The third kappa shape index (κ3) is 3.35. The number of benzene rings is 1. The minimum atomic E-state index is -2.85. The fraction of sp³-hybridized carbons (Fsp3) is 0.556. The van der Waals surface area contributed by atoms with E-state index in [1.807, 2.05) is 31.3 Å². The molecule has 2 saturated heterocycles. The van der Waals surface area contributed by atoms with Crippen LogP contribution in [0.3, 0.4) is 0 Å². The van der Waals surface area contributed by atoms with Gasteiger partial charge in [0.15, 0.2) is 15.5 Å². The van der Waals surface area contributed by atoms with Crippen molar-refractivity contribution in [3.8, 4) is 0 Å². The first kappa shape index (κ1) is 17.5. The van der Waals surface area contributed by atoms with Gasteiger partial charge in [-0.05, 0) is 25.3 Å². The summed E-state index contributed by atoms with van der Waals surface area (Å²) >= 11 is 0.